The number of aryl methyl sites for hydroxylation is 1. The lowest BCUT2D eigenvalue weighted by atomic mass is 10.1. The summed E-state index contributed by atoms with van der Waals surface area (Å²) in [6.07, 6.45) is 6.10. The molecule has 30 heavy (non-hydrogen) atoms. The zero-order chi connectivity index (χ0) is 21.5. The molecule has 1 fully saturated rings. The van der Waals surface area contributed by atoms with Gasteiger partial charge in [0.1, 0.15) is 11.9 Å². The van der Waals surface area contributed by atoms with Crippen LogP contribution in [-0.4, -0.2) is 71.9 Å². The van der Waals surface area contributed by atoms with Crippen molar-refractivity contribution in [1.82, 2.24) is 24.9 Å². The van der Waals surface area contributed by atoms with Crippen molar-refractivity contribution in [3.8, 4) is 5.75 Å². The van der Waals surface area contributed by atoms with Crippen LogP contribution in [0.1, 0.15) is 35.7 Å². The highest BCUT2D eigenvalue weighted by molar-refractivity contribution is 6.32. The predicted octanol–water partition coefficient (Wildman–Crippen LogP) is 2.89. The van der Waals surface area contributed by atoms with E-state index in [1.54, 1.807) is 18.2 Å². The molecular formula is C22H32ClN5O2. The molecule has 2 aromatic rings. The number of carbonyl (C=O) groups excluding carboxylic acids is 1. The Balaban J connectivity index is 1.47. The van der Waals surface area contributed by atoms with Crippen LogP contribution in [0.5, 0.6) is 5.75 Å². The molecular weight excluding hydrogens is 402 g/mol. The van der Waals surface area contributed by atoms with E-state index in [0.29, 0.717) is 22.9 Å². The molecule has 1 aromatic carbocycles. The molecule has 2 heterocycles. The van der Waals surface area contributed by atoms with E-state index in [-0.39, 0.29) is 12.0 Å². The van der Waals surface area contributed by atoms with E-state index >= 15 is 0 Å². The van der Waals surface area contributed by atoms with Gasteiger partial charge in [0.2, 0.25) is 0 Å². The number of amides is 1. The Morgan fingerprint density at radius 1 is 1.33 bits per heavy atom. The second-order valence-corrected chi connectivity index (χ2v) is 8.41. The third kappa shape index (κ3) is 6.45. The molecule has 1 N–H and O–H groups in total. The number of ether oxygens (including phenoxy) is 1. The minimum atomic E-state index is -0.120. The highest BCUT2D eigenvalue weighted by atomic mass is 35.5. The number of benzene rings is 1. The number of carbonyl (C=O) groups is 1. The summed E-state index contributed by atoms with van der Waals surface area (Å²) in [5, 5.41) is 7.72. The molecule has 0 saturated carbocycles. The fourth-order valence-corrected chi connectivity index (χ4v) is 3.74. The van der Waals surface area contributed by atoms with Gasteiger partial charge in [-0.05, 0) is 52.1 Å². The highest BCUT2D eigenvalue weighted by Gasteiger charge is 2.22. The Morgan fingerprint density at radius 3 is 2.73 bits per heavy atom. The molecule has 1 aromatic heterocycles. The number of likely N-dealkylation sites (tertiary alicyclic amines) is 1. The fourth-order valence-electron chi connectivity index (χ4n) is 3.52. The zero-order valence-electron chi connectivity index (χ0n) is 18.1. The number of likely N-dealkylation sites (N-methyl/N-ethyl adjacent to an activating group) is 1. The fraction of sp³-hybridized carbons (Fsp3) is 0.545. The lowest BCUT2D eigenvalue weighted by Crippen LogP contribution is -2.37. The van der Waals surface area contributed by atoms with Crippen molar-refractivity contribution in [2.24, 2.45) is 0 Å². The monoisotopic (exact) mass is 433 g/mol. The van der Waals surface area contributed by atoms with Crippen LogP contribution in [0.15, 0.2) is 30.6 Å². The van der Waals surface area contributed by atoms with Crippen molar-refractivity contribution in [3.05, 3.63) is 46.7 Å². The average molecular weight is 434 g/mol. The van der Waals surface area contributed by atoms with Crippen molar-refractivity contribution < 1.29 is 9.53 Å². The molecule has 3 rings (SSSR count). The number of aromatic nitrogens is 2. The van der Waals surface area contributed by atoms with Crippen molar-refractivity contribution in [2.75, 3.05) is 40.3 Å². The lowest BCUT2D eigenvalue weighted by Gasteiger charge is -2.32. The van der Waals surface area contributed by atoms with Crippen LogP contribution in [0.25, 0.3) is 0 Å². The quantitative estimate of drug-likeness (QED) is 0.658. The summed E-state index contributed by atoms with van der Waals surface area (Å²) < 4.78 is 8.10. The number of rotatable bonds is 9. The van der Waals surface area contributed by atoms with Crippen LogP contribution in [0.4, 0.5) is 0 Å². The summed E-state index contributed by atoms with van der Waals surface area (Å²) in [5.41, 5.74) is 1.80. The third-order valence-corrected chi connectivity index (χ3v) is 5.58. The standard InChI is InChI=1S/C22H32ClN5O2/c1-4-28-16-17(14-25-28)15-27-10-7-19(8-11-27)30-21-6-5-18(13-20(21)23)22(29)24-9-12-26(2)3/h5-6,13-14,16,19H,4,7-12,15H2,1-3H3,(H,24,29). The number of hydrogen-bond acceptors (Lipinski definition) is 5. The second-order valence-electron chi connectivity index (χ2n) is 8.00. The summed E-state index contributed by atoms with van der Waals surface area (Å²) in [6.45, 7) is 7.25. The number of hydrogen-bond donors (Lipinski definition) is 1. The van der Waals surface area contributed by atoms with Crippen LogP contribution in [0.3, 0.4) is 0 Å². The minimum absolute atomic E-state index is 0.120. The summed E-state index contributed by atoms with van der Waals surface area (Å²) in [6, 6.07) is 5.25. The van der Waals surface area contributed by atoms with E-state index < -0.39 is 0 Å². The smallest absolute Gasteiger partial charge is 0.251 e. The summed E-state index contributed by atoms with van der Waals surface area (Å²) >= 11 is 6.40. The molecule has 8 heteroatoms. The molecule has 0 unspecified atom stereocenters. The van der Waals surface area contributed by atoms with Gasteiger partial charge in [-0.1, -0.05) is 11.6 Å². The van der Waals surface area contributed by atoms with Crippen LogP contribution in [0, 0.1) is 0 Å². The average Bonchev–Trinajstić information content (AvgIpc) is 3.18. The maximum atomic E-state index is 12.2. The van der Waals surface area contributed by atoms with Crippen molar-refractivity contribution in [3.63, 3.8) is 0 Å². The first-order valence-corrected chi connectivity index (χ1v) is 10.9. The normalized spacial score (nSPS) is 15.5. The first-order valence-electron chi connectivity index (χ1n) is 10.6. The topological polar surface area (TPSA) is 62.6 Å². The molecule has 0 aliphatic carbocycles. The number of nitrogens with one attached hydrogen (secondary N) is 1. The largest absolute Gasteiger partial charge is 0.489 e. The molecule has 1 amide bonds. The van der Waals surface area contributed by atoms with Crippen LogP contribution < -0.4 is 10.1 Å². The Morgan fingerprint density at radius 2 is 2.10 bits per heavy atom. The van der Waals surface area contributed by atoms with Gasteiger partial charge in [-0.2, -0.15) is 5.10 Å². The van der Waals surface area contributed by atoms with Crippen LogP contribution in [0.2, 0.25) is 5.02 Å². The van der Waals surface area contributed by atoms with Crippen LogP contribution >= 0.6 is 11.6 Å². The van der Waals surface area contributed by atoms with Gasteiger partial charge >= 0.3 is 0 Å². The van der Waals surface area contributed by atoms with Gasteiger partial charge < -0.3 is 15.0 Å². The van der Waals surface area contributed by atoms with E-state index in [2.05, 4.69) is 28.4 Å². The lowest BCUT2D eigenvalue weighted by molar-refractivity contribution is 0.0948. The van der Waals surface area contributed by atoms with Crippen LogP contribution in [-0.2, 0) is 13.1 Å². The molecule has 1 saturated heterocycles. The summed E-state index contributed by atoms with van der Waals surface area (Å²) in [5.74, 6) is 0.522. The Kier molecular flexibility index (Phi) is 8.13. The number of halogens is 1. The molecule has 1 aliphatic heterocycles. The molecule has 0 radical (unpaired) electrons. The van der Waals surface area contributed by atoms with Crippen molar-refractivity contribution in [1.29, 1.82) is 0 Å². The highest BCUT2D eigenvalue weighted by Crippen LogP contribution is 2.28. The van der Waals surface area contributed by atoms with E-state index in [1.165, 1.54) is 5.56 Å². The first kappa shape index (κ1) is 22.6. The van der Waals surface area contributed by atoms with Gasteiger partial charge in [-0.15, -0.1) is 0 Å². The summed E-state index contributed by atoms with van der Waals surface area (Å²) in [4.78, 5) is 16.7. The maximum absolute atomic E-state index is 12.2. The van der Waals surface area contributed by atoms with Gasteiger partial charge in [0.05, 0.1) is 11.2 Å². The summed E-state index contributed by atoms with van der Waals surface area (Å²) in [7, 11) is 3.94. The predicted molar refractivity (Wildman–Crippen MR) is 119 cm³/mol. The van der Waals surface area contributed by atoms with Crippen molar-refractivity contribution in [2.45, 2.75) is 39.0 Å². The van der Waals surface area contributed by atoms with Gasteiger partial charge in [0.25, 0.3) is 5.91 Å². The Bertz CT molecular complexity index is 831. The molecule has 0 spiro atoms. The van der Waals surface area contributed by atoms with Gasteiger partial charge in [-0.25, -0.2) is 0 Å². The number of piperidine rings is 1. The SMILES string of the molecule is CCn1cc(CN2CCC(Oc3ccc(C(=O)NCCN(C)C)cc3Cl)CC2)cn1. The molecule has 0 bridgehead atoms. The van der Waals surface area contributed by atoms with Gasteiger partial charge in [0.15, 0.2) is 0 Å². The maximum Gasteiger partial charge on any atom is 0.251 e. The van der Waals surface area contributed by atoms with Crippen molar-refractivity contribution >= 4 is 17.5 Å². The Hall–Kier alpha value is -2.09. The second kappa shape index (κ2) is 10.8. The van der Waals surface area contributed by atoms with E-state index in [0.717, 1.165) is 45.6 Å². The van der Waals surface area contributed by atoms with E-state index in [9.17, 15) is 4.79 Å². The molecule has 0 atom stereocenters. The first-order chi connectivity index (χ1) is 14.4. The molecule has 164 valence electrons. The minimum Gasteiger partial charge on any atom is -0.489 e. The van der Waals surface area contributed by atoms with Gasteiger partial charge in [-0.3, -0.25) is 14.4 Å². The van der Waals surface area contributed by atoms with E-state index in [4.69, 9.17) is 16.3 Å². The third-order valence-electron chi connectivity index (χ3n) is 5.28. The zero-order valence-corrected chi connectivity index (χ0v) is 18.9. The molecule has 7 nitrogen and oxygen atoms in total. The Labute approximate surface area is 183 Å². The molecule has 1 aliphatic rings. The van der Waals surface area contributed by atoms with E-state index in [1.807, 2.05) is 29.9 Å². The van der Waals surface area contributed by atoms with Gasteiger partial charge in [0, 0.05) is 56.6 Å². The number of nitrogens with zero attached hydrogens (tertiary/aromatic N) is 4.